The first-order valence-corrected chi connectivity index (χ1v) is 6.23. The van der Waals surface area contributed by atoms with Crippen molar-refractivity contribution < 1.29 is 23.8 Å². The van der Waals surface area contributed by atoms with Crippen LogP contribution < -0.4 is 0 Å². The molecule has 5 nitrogen and oxygen atoms in total. The van der Waals surface area contributed by atoms with E-state index in [1.165, 1.54) is 7.11 Å². The number of hydrogen-bond donors (Lipinski definition) is 2. The average molecular weight is 226 g/mol. The van der Waals surface area contributed by atoms with E-state index in [0.29, 0.717) is 6.61 Å². The molecular formula is C8H19O5P. The average Bonchev–Trinajstić information content (AvgIpc) is 2.11. The van der Waals surface area contributed by atoms with Gasteiger partial charge < -0.3 is 19.3 Å². The van der Waals surface area contributed by atoms with E-state index >= 15 is 0 Å². The van der Waals surface area contributed by atoms with Crippen molar-refractivity contribution in [3.8, 4) is 0 Å². The molecule has 14 heavy (non-hydrogen) atoms. The second-order valence-electron chi connectivity index (χ2n) is 3.04. The minimum absolute atomic E-state index is 0.198. The summed E-state index contributed by atoms with van der Waals surface area (Å²) in [6.07, 6.45) is 0.578. The summed E-state index contributed by atoms with van der Waals surface area (Å²) in [6.45, 7) is 3.94. The molecule has 0 aromatic rings. The highest BCUT2D eigenvalue weighted by atomic mass is 31.2. The maximum Gasteiger partial charge on any atom is 0.357 e. The monoisotopic (exact) mass is 226 g/mol. The van der Waals surface area contributed by atoms with E-state index in [-0.39, 0.29) is 19.4 Å². The van der Waals surface area contributed by atoms with Gasteiger partial charge in [0.1, 0.15) is 0 Å². The van der Waals surface area contributed by atoms with E-state index in [9.17, 15) is 14.4 Å². The Labute approximate surface area is 84.6 Å². The summed E-state index contributed by atoms with van der Waals surface area (Å²) in [7, 11) is -2.71. The summed E-state index contributed by atoms with van der Waals surface area (Å²) in [5.41, 5.74) is 0. The third kappa shape index (κ3) is 3.33. The van der Waals surface area contributed by atoms with Gasteiger partial charge in [0.2, 0.25) is 0 Å². The third-order valence-corrected chi connectivity index (χ3v) is 4.12. The summed E-state index contributed by atoms with van der Waals surface area (Å²) in [5, 5.41) is -1.34. The Balaban J connectivity index is 4.47. The second kappa shape index (κ2) is 5.83. The van der Waals surface area contributed by atoms with Gasteiger partial charge in [-0.1, -0.05) is 13.8 Å². The number of ether oxygens (including phenoxy) is 2. The van der Waals surface area contributed by atoms with Crippen LogP contribution in [0, 0.1) is 0 Å². The van der Waals surface area contributed by atoms with E-state index in [2.05, 4.69) is 0 Å². The maximum atomic E-state index is 11.2. The van der Waals surface area contributed by atoms with Crippen LogP contribution in [0.2, 0.25) is 0 Å². The topological polar surface area (TPSA) is 76.0 Å². The first kappa shape index (κ1) is 14.1. The zero-order valence-electron chi connectivity index (χ0n) is 8.89. The van der Waals surface area contributed by atoms with Gasteiger partial charge in [0.15, 0.2) is 5.34 Å². The molecule has 0 bridgehead atoms. The van der Waals surface area contributed by atoms with Crippen LogP contribution in [0.25, 0.3) is 0 Å². The predicted molar refractivity (Wildman–Crippen MR) is 53.2 cm³/mol. The highest BCUT2D eigenvalue weighted by Crippen LogP contribution is 2.55. The first-order chi connectivity index (χ1) is 6.43. The minimum Gasteiger partial charge on any atom is -0.382 e. The van der Waals surface area contributed by atoms with Gasteiger partial charge in [-0.15, -0.1) is 0 Å². The van der Waals surface area contributed by atoms with Crippen molar-refractivity contribution in [3.05, 3.63) is 0 Å². The Morgan fingerprint density at radius 2 is 1.71 bits per heavy atom. The van der Waals surface area contributed by atoms with Gasteiger partial charge >= 0.3 is 7.60 Å². The van der Waals surface area contributed by atoms with E-state index in [1.807, 2.05) is 0 Å². The van der Waals surface area contributed by atoms with Crippen molar-refractivity contribution in [1.82, 2.24) is 0 Å². The number of methoxy groups -OCH3 is 1. The molecule has 0 spiro atoms. The molecule has 0 aliphatic carbocycles. The van der Waals surface area contributed by atoms with Crippen LogP contribution in [0.4, 0.5) is 0 Å². The Morgan fingerprint density at radius 1 is 1.21 bits per heavy atom. The van der Waals surface area contributed by atoms with Crippen molar-refractivity contribution in [2.75, 3.05) is 20.3 Å². The molecule has 0 radical (unpaired) electrons. The first-order valence-electron chi connectivity index (χ1n) is 4.62. The fourth-order valence-electron chi connectivity index (χ4n) is 1.27. The molecule has 0 unspecified atom stereocenters. The Kier molecular flexibility index (Phi) is 5.86. The lowest BCUT2D eigenvalue weighted by Crippen LogP contribution is -2.32. The van der Waals surface area contributed by atoms with E-state index in [0.717, 1.165) is 0 Å². The number of hydrogen-bond acceptors (Lipinski definition) is 3. The Hall–Kier alpha value is 0.0700. The van der Waals surface area contributed by atoms with E-state index < -0.39 is 12.9 Å². The highest BCUT2D eigenvalue weighted by Gasteiger charge is 2.44. The molecule has 86 valence electrons. The summed E-state index contributed by atoms with van der Waals surface area (Å²) >= 11 is 0. The van der Waals surface area contributed by atoms with Crippen LogP contribution in [0.1, 0.15) is 26.7 Å². The second-order valence-corrected chi connectivity index (χ2v) is 4.94. The van der Waals surface area contributed by atoms with Gasteiger partial charge in [-0.2, -0.15) is 0 Å². The van der Waals surface area contributed by atoms with Crippen LogP contribution in [0.3, 0.4) is 0 Å². The largest absolute Gasteiger partial charge is 0.382 e. The van der Waals surface area contributed by atoms with Gasteiger partial charge in [0.05, 0.1) is 13.2 Å². The Bertz CT molecular complexity index is 196. The lowest BCUT2D eigenvalue weighted by molar-refractivity contribution is -0.0286. The van der Waals surface area contributed by atoms with Crippen molar-refractivity contribution in [1.29, 1.82) is 0 Å². The molecule has 0 saturated heterocycles. The van der Waals surface area contributed by atoms with Gasteiger partial charge in [0, 0.05) is 7.11 Å². The number of rotatable bonds is 7. The molecule has 0 amide bonds. The lowest BCUT2D eigenvalue weighted by Gasteiger charge is -2.32. The predicted octanol–water partition coefficient (Wildman–Crippen LogP) is 1.34. The zero-order valence-corrected chi connectivity index (χ0v) is 9.79. The van der Waals surface area contributed by atoms with Gasteiger partial charge in [0.25, 0.3) is 0 Å². The van der Waals surface area contributed by atoms with Gasteiger partial charge in [-0.25, -0.2) is 0 Å². The van der Waals surface area contributed by atoms with E-state index in [1.54, 1.807) is 13.8 Å². The summed E-state index contributed by atoms with van der Waals surface area (Å²) < 4.78 is 21.2. The van der Waals surface area contributed by atoms with Crippen molar-refractivity contribution in [3.63, 3.8) is 0 Å². The Morgan fingerprint density at radius 3 is 2.00 bits per heavy atom. The van der Waals surface area contributed by atoms with Crippen LogP contribution in [0.15, 0.2) is 0 Å². The summed E-state index contributed by atoms with van der Waals surface area (Å²) in [5.74, 6) is 0. The summed E-state index contributed by atoms with van der Waals surface area (Å²) in [4.78, 5) is 18.3. The molecule has 0 aliphatic heterocycles. The standard InChI is InChI=1S/C8H19O5P/c1-4-8(5-2,14(9,10)11)13-7-6-12-3/h4-7H2,1-3H3,(H2,9,10,11). The summed E-state index contributed by atoms with van der Waals surface area (Å²) in [6, 6.07) is 0. The molecule has 0 atom stereocenters. The maximum absolute atomic E-state index is 11.2. The van der Waals surface area contributed by atoms with Crippen molar-refractivity contribution in [2.24, 2.45) is 0 Å². The molecule has 0 rings (SSSR count). The molecule has 0 aliphatic rings. The molecule has 6 heteroatoms. The van der Waals surface area contributed by atoms with Crippen LogP contribution in [0.5, 0.6) is 0 Å². The van der Waals surface area contributed by atoms with Crippen LogP contribution in [-0.2, 0) is 14.0 Å². The highest BCUT2D eigenvalue weighted by molar-refractivity contribution is 7.53. The molecule has 0 fully saturated rings. The van der Waals surface area contributed by atoms with Crippen molar-refractivity contribution in [2.45, 2.75) is 32.0 Å². The fraction of sp³-hybridized carbons (Fsp3) is 1.00. The fourth-order valence-corrected chi connectivity index (χ4v) is 2.35. The lowest BCUT2D eigenvalue weighted by atomic mass is 10.2. The van der Waals surface area contributed by atoms with E-state index in [4.69, 9.17) is 9.47 Å². The smallest absolute Gasteiger partial charge is 0.357 e. The molecule has 0 aromatic carbocycles. The molecule has 0 saturated carbocycles. The van der Waals surface area contributed by atoms with Gasteiger partial charge in [-0.05, 0) is 12.8 Å². The van der Waals surface area contributed by atoms with Crippen LogP contribution >= 0.6 is 7.60 Å². The van der Waals surface area contributed by atoms with Gasteiger partial charge in [-0.3, -0.25) is 4.57 Å². The molecular weight excluding hydrogens is 207 g/mol. The normalized spacial score (nSPS) is 13.2. The molecule has 2 N–H and O–H groups in total. The van der Waals surface area contributed by atoms with Crippen LogP contribution in [-0.4, -0.2) is 35.5 Å². The minimum atomic E-state index is -4.22. The SMILES string of the molecule is CCC(CC)(OCCOC)P(=O)(O)O. The molecule has 0 aromatic heterocycles. The molecule has 0 heterocycles. The quantitative estimate of drug-likeness (QED) is 0.506. The zero-order chi connectivity index (χ0) is 11.2. The van der Waals surface area contributed by atoms with Crippen molar-refractivity contribution >= 4 is 7.60 Å². The third-order valence-electron chi connectivity index (χ3n) is 2.29.